The molecular formula is C19H28N3O2+. The number of carbonyl (C=O) groups excluding carboxylic acids is 2. The van der Waals surface area contributed by atoms with E-state index >= 15 is 0 Å². The van der Waals surface area contributed by atoms with Crippen molar-refractivity contribution in [3.8, 4) is 0 Å². The molecule has 0 aliphatic carbocycles. The summed E-state index contributed by atoms with van der Waals surface area (Å²) in [7, 11) is 0. The number of nitrogens with one attached hydrogen (secondary N) is 1. The van der Waals surface area contributed by atoms with E-state index < -0.39 is 0 Å². The molecule has 0 spiro atoms. The van der Waals surface area contributed by atoms with Crippen molar-refractivity contribution in [3.63, 3.8) is 0 Å². The summed E-state index contributed by atoms with van der Waals surface area (Å²) < 4.78 is 0. The molecule has 0 bridgehead atoms. The van der Waals surface area contributed by atoms with Crippen molar-refractivity contribution in [1.82, 2.24) is 4.90 Å². The SMILES string of the molecule is NC(=O)[C@H]1CCC[NH+]([C@H](C(=O)N2CCCCC2)c2ccccc2)C1. The normalized spacial score (nSPS) is 25.9. The van der Waals surface area contributed by atoms with Gasteiger partial charge in [0.05, 0.1) is 19.0 Å². The number of piperidine rings is 2. The number of hydrogen-bond donors (Lipinski definition) is 2. The molecule has 2 amide bonds. The molecule has 0 aromatic heterocycles. The number of likely N-dealkylation sites (tertiary alicyclic amines) is 2. The zero-order chi connectivity index (χ0) is 16.9. The van der Waals surface area contributed by atoms with Crippen molar-refractivity contribution in [2.45, 2.75) is 38.1 Å². The van der Waals surface area contributed by atoms with Crippen LogP contribution in [0.3, 0.4) is 0 Å². The third-order valence-electron chi connectivity index (χ3n) is 5.42. The van der Waals surface area contributed by atoms with E-state index in [1.54, 1.807) is 0 Å². The number of nitrogens with two attached hydrogens (primary N) is 1. The Morgan fingerprint density at radius 3 is 2.46 bits per heavy atom. The molecule has 2 saturated heterocycles. The molecule has 0 saturated carbocycles. The highest BCUT2D eigenvalue weighted by molar-refractivity contribution is 5.82. The van der Waals surface area contributed by atoms with Crippen molar-refractivity contribution in [1.29, 1.82) is 0 Å². The highest BCUT2D eigenvalue weighted by Gasteiger charge is 2.39. The topological polar surface area (TPSA) is 67.8 Å². The second-order valence-corrected chi connectivity index (χ2v) is 7.08. The number of nitrogens with zero attached hydrogens (tertiary/aromatic N) is 1. The Morgan fingerprint density at radius 2 is 1.79 bits per heavy atom. The lowest BCUT2D eigenvalue weighted by molar-refractivity contribution is -0.929. The van der Waals surface area contributed by atoms with Gasteiger partial charge in [0.25, 0.3) is 5.91 Å². The Labute approximate surface area is 143 Å². The van der Waals surface area contributed by atoms with Gasteiger partial charge in [-0.3, -0.25) is 9.59 Å². The minimum Gasteiger partial charge on any atom is -0.369 e. The summed E-state index contributed by atoms with van der Waals surface area (Å²) in [4.78, 5) is 28.1. The van der Waals surface area contributed by atoms with Crippen molar-refractivity contribution in [2.75, 3.05) is 26.2 Å². The van der Waals surface area contributed by atoms with E-state index in [4.69, 9.17) is 5.73 Å². The summed E-state index contributed by atoms with van der Waals surface area (Å²) in [5, 5.41) is 0. The number of amides is 2. The van der Waals surface area contributed by atoms with Gasteiger partial charge < -0.3 is 15.5 Å². The molecule has 5 heteroatoms. The standard InChI is InChI=1S/C19H27N3O2/c20-18(23)16-10-7-13-22(14-16)17(15-8-3-1-4-9-15)19(24)21-11-5-2-6-12-21/h1,3-4,8-9,16-17H,2,5-7,10-14H2,(H2,20,23)/p+1/t16-,17-/m0/s1. The number of rotatable bonds is 4. The molecule has 0 radical (unpaired) electrons. The average Bonchev–Trinajstić information content (AvgIpc) is 2.64. The molecule has 2 fully saturated rings. The summed E-state index contributed by atoms with van der Waals surface area (Å²) in [5.41, 5.74) is 6.59. The molecule has 5 nitrogen and oxygen atoms in total. The van der Waals surface area contributed by atoms with Crippen LogP contribution in [0, 0.1) is 5.92 Å². The second-order valence-electron chi connectivity index (χ2n) is 7.08. The molecule has 3 atom stereocenters. The van der Waals surface area contributed by atoms with Crippen LogP contribution in [0.25, 0.3) is 0 Å². The monoisotopic (exact) mass is 330 g/mol. The Balaban J connectivity index is 1.84. The van der Waals surface area contributed by atoms with Gasteiger partial charge in [-0.1, -0.05) is 30.3 Å². The van der Waals surface area contributed by atoms with Crippen LogP contribution in [0.15, 0.2) is 30.3 Å². The molecule has 1 aromatic rings. The summed E-state index contributed by atoms with van der Waals surface area (Å²) in [6.45, 7) is 3.29. The van der Waals surface area contributed by atoms with Crippen LogP contribution in [0.2, 0.25) is 0 Å². The zero-order valence-electron chi connectivity index (χ0n) is 14.2. The first kappa shape index (κ1) is 17.0. The van der Waals surface area contributed by atoms with E-state index in [1.807, 2.05) is 35.2 Å². The van der Waals surface area contributed by atoms with E-state index in [9.17, 15) is 9.59 Å². The summed E-state index contributed by atoms with van der Waals surface area (Å²) >= 11 is 0. The maximum absolute atomic E-state index is 13.3. The van der Waals surface area contributed by atoms with Crippen molar-refractivity contribution in [3.05, 3.63) is 35.9 Å². The first-order chi connectivity index (χ1) is 11.7. The van der Waals surface area contributed by atoms with E-state index in [1.165, 1.54) is 11.3 Å². The number of primary amides is 1. The number of benzene rings is 1. The molecular weight excluding hydrogens is 302 g/mol. The third-order valence-corrected chi connectivity index (χ3v) is 5.42. The summed E-state index contributed by atoms with van der Waals surface area (Å²) in [5.74, 6) is -0.139. The summed E-state index contributed by atoms with van der Waals surface area (Å²) in [6, 6.07) is 9.80. The molecule has 2 aliphatic rings. The van der Waals surface area contributed by atoms with Crippen LogP contribution in [-0.4, -0.2) is 42.9 Å². The Bertz CT molecular complexity index is 569. The number of carbonyl (C=O) groups is 2. The Hall–Kier alpha value is -1.88. The second kappa shape index (κ2) is 7.79. The molecule has 24 heavy (non-hydrogen) atoms. The molecule has 3 rings (SSSR count). The lowest BCUT2D eigenvalue weighted by atomic mass is 9.93. The van der Waals surface area contributed by atoms with Gasteiger partial charge in [-0.05, 0) is 32.1 Å². The first-order valence-electron chi connectivity index (χ1n) is 9.14. The maximum atomic E-state index is 13.3. The van der Waals surface area contributed by atoms with Crippen LogP contribution >= 0.6 is 0 Å². The van der Waals surface area contributed by atoms with Crippen molar-refractivity contribution >= 4 is 11.8 Å². The van der Waals surface area contributed by atoms with Gasteiger partial charge in [0, 0.05) is 18.7 Å². The molecule has 130 valence electrons. The number of hydrogen-bond acceptors (Lipinski definition) is 2. The van der Waals surface area contributed by atoms with E-state index in [-0.39, 0.29) is 23.8 Å². The number of quaternary nitrogens is 1. The van der Waals surface area contributed by atoms with Crippen LogP contribution in [0.4, 0.5) is 0 Å². The van der Waals surface area contributed by atoms with Gasteiger partial charge in [-0.25, -0.2) is 0 Å². The molecule has 1 unspecified atom stereocenters. The van der Waals surface area contributed by atoms with E-state index in [0.717, 1.165) is 50.9 Å². The minimum absolute atomic E-state index is 0.117. The van der Waals surface area contributed by atoms with Gasteiger partial charge in [-0.15, -0.1) is 0 Å². The predicted molar refractivity (Wildman–Crippen MR) is 92.2 cm³/mol. The Morgan fingerprint density at radius 1 is 1.08 bits per heavy atom. The van der Waals surface area contributed by atoms with Gasteiger partial charge in [0.1, 0.15) is 0 Å². The van der Waals surface area contributed by atoms with Crippen molar-refractivity contribution in [2.24, 2.45) is 11.7 Å². The Kier molecular flexibility index (Phi) is 5.51. The molecule has 1 aromatic carbocycles. The molecule has 3 N–H and O–H groups in total. The quantitative estimate of drug-likeness (QED) is 0.845. The molecule has 2 aliphatic heterocycles. The highest BCUT2D eigenvalue weighted by atomic mass is 16.2. The van der Waals surface area contributed by atoms with Gasteiger partial charge in [-0.2, -0.15) is 0 Å². The lowest BCUT2D eigenvalue weighted by Gasteiger charge is -2.37. The first-order valence-corrected chi connectivity index (χ1v) is 9.14. The van der Waals surface area contributed by atoms with Crippen LogP contribution in [-0.2, 0) is 9.59 Å². The van der Waals surface area contributed by atoms with Crippen LogP contribution < -0.4 is 10.6 Å². The lowest BCUT2D eigenvalue weighted by Crippen LogP contribution is -3.15. The molecule has 2 heterocycles. The van der Waals surface area contributed by atoms with Crippen molar-refractivity contribution < 1.29 is 14.5 Å². The largest absolute Gasteiger partial charge is 0.369 e. The van der Waals surface area contributed by atoms with Gasteiger partial charge in [0.15, 0.2) is 6.04 Å². The predicted octanol–water partition coefficient (Wildman–Crippen LogP) is 0.520. The van der Waals surface area contributed by atoms with Crippen LogP contribution in [0.1, 0.15) is 43.7 Å². The van der Waals surface area contributed by atoms with E-state index in [2.05, 4.69) is 0 Å². The van der Waals surface area contributed by atoms with Gasteiger partial charge in [0.2, 0.25) is 5.91 Å². The zero-order valence-corrected chi connectivity index (χ0v) is 14.2. The highest BCUT2D eigenvalue weighted by Crippen LogP contribution is 2.19. The smallest absolute Gasteiger partial charge is 0.285 e. The fourth-order valence-corrected chi connectivity index (χ4v) is 4.10. The average molecular weight is 330 g/mol. The minimum atomic E-state index is -0.232. The van der Waals surface area contributed by atoms with Crippen LogP contribution in [0.5, 0.6) is 0 Å². The maximum Gasteiger partial charge on any atom is 0.285 e. The fourth-order valence-electron chi connectivity index (χ4n) is 4.10. The van der Waals surface area contributed by atoms with E-state index in [0.29, 0.717) is 6.54 Å². The van der Waals surface area contributed by atoms with Gasteiger partial charge >= 0.3 is 0 Å². The fraction of sp³-hybridized carbons (Fsp3) is 0.579. The summed E-state index contributed by atoms with van der Waals surface area (Å²) in [6.07, 6.45) is 5.18. The third kappa shape index (κ3) is 3.78.